The number of rotatable bonds is 3. The molecule has 3 rings (SSSR count). The first-order valence-corrected chi connectivity index (χ1v) is 7.29. The minimum Gasteiger partial charge on any atom is -0.325 e. The first-order chi connectivity index (χ1) is 9.42. The monoisotopic (exact) mass is 287 g/mol. The molecule has 0 saturated carbocycles. The van der Waals surface area contributed by atoms with Crippen LogP contribution in [0.5, 0.6) is 0 Å². The highest BCUT2D eigenvalue weighted by atomic mass is 32.1. The molecule has 6 heteroatoms. The molecule has 104 valence electrons. The lowest BCUT2D eigenvalue weighted by Crippen LogP contribution is -2.35. The van der Waals surface area contributed by atoms with E-state index < -0.39 is 0 Å². The predicted molar refractivity (Wildman–Crippen MR) is 81.7 cm³/mol. The number of fused-ring (bicyclic) bond motifs is 1. The zero-order valence-corrected chi connectivity index (χ0v) is 12.6. The van der Waals surface area contributed by atoms with Gasteiger partial charge in [-0.15, -0.1) is 11.3 Å². The number of thiophene rings is 1. The molecule has 20 heavy (non-hydrogen) atoms. The van der Waals surface area contributed by atoms with E-state index in [0.717, 1.165) is 32.2 Å². The quantitative estimate of drug-likeness (QED) is 0.776. The van der Waals surface area contributed by atoms with E-state index in [1.807, 2.05) is 33.2 Å². The van der Waals surface area contributed by atoms with E-state index in [2.05, 4.69) is 26.2 Å². The molecule has 0 aliphatic rings. The fourth-order valence-corrected chi connectivity index (χ4v) is 3.14. The van der Waals surface area contributed by atoms with Gasteiger partial charge in [0.15, 0.2) is 0 Å². The molecule has 0 atom stereocenters. The number of nitrogens with one attached hydrogen (secondary N) is 1. The summed E-state index contributed by atoms with van der Waals surface area (Å²) in [6, 6.07) is 2.09. The lowest BCUT2D eigenvalue weighted by Gasteiger charge is -2.16. The van der Waals surface area contributed by atoms with Gasteiger partial charge in [-0.05, 0) is 26.8 Å². The lowest BCUT2D eigenvalue weighted by atomic mass is 10.0. The van der Waals surface area contributed by atoms with Crippen molar-refractivity contribution in [2.45, 2.75) is 32.7 Å². The fraction of sp³-hybridized carbons (Fsp3) is 0.357. The van der Waals surface area contributed by atoms with Crippen LogP contribution in [0, 0.1) is 6.92 Å². The molecule has 0 bridgehead atoms. The van der Waals surface area contributed by atoms with E-state index in [1.165, 1.54) is 0 Å². The molecule has 0 unspecified atom stereocenters. The first kappa shape index (κ1) is 13.2. The lowest BCUT2D eigenvalue weighted by molar-refractivity contribution is 0.503. The maximum absolute atomic E-state index is 6.02. The number of nitrogens with zero attached hydrogens (tertiary/aromatic N) is 3. The molecule has 3 N–H and O–H groups in total. The molecule has 3 heterocycles. The van der Waals surface area contributed by atoms with Gasteiger partial charge >= 0.3 is 0 Å². The van der Waals surface area contributed by atoms with Crippen LogP contribution in [0.1, 0.15) is 25.4 Å². The van der Waals surface area contributed by atoms with Gasteiger partial charge in [-0.2, -0.15) is 5.10 Å². The molecule has 0 fully saturated rings. The van der Waals surface area contributed by atoms with Crippen LogP contribution < -0.4 is 5.73 Å². The molecule has 0 aliphatic heterocycles. The molecule has 0 amide bonds. The maximum Gasteiger partial charge on any atom is 0.130 e. The molecule has 3 aromatic rings. The van der Waals surface area contributed by atoms with Crippen LogP contribution in [0.4, 0.5) is 0 Å². The standard InChI is InChI=1S/C14H17N5S/c1-8-9(6-17-19-8)11-4-10-12(20-11)7-16-13(18-10)5-14(2,3)15/h4,6-7H,5,15H2,1-3H3,(H,17,19). The van der Waals surface area contributed by atoms with Crippen LogP contribution in [0.25, 0.3) is 20.7 Å². The highest BCUT2D eigenvalue weighted by molar-refractivity contribution is 7.22. The van der Waals surface area contributed by atoms with Gasteiger partial charge in [-0.1, -0.05) is 0 Å². The minimum atomic E-state index is -0.298. The number of nitrogens with two attached hydrogens (primary N) is 1. The maximum atomic E-state index is 6.02. The van der Waals surface area contributed by atoms with Gasteiger partial charge in [0.25, 0.3) is 0 Å². The third kappa shape index (κ3) is 2.57. The molecule has 5 nitrogen and oxygen atoms in total. The van der Waals surface area contributed by atoms with Crippen molar-refractivity contribution < 1.29 is 0 Å². The summed E-state index contributed by atoms with van der Waals surface area (Å²) >= 11 is 1.68. The van der Waals surface area contributed by atoms with E-state index in [9.17, 15) is 0 Å². The smallest absolute Gasteiger partial charge is 0.130 e. The molecule has 0 aromatic carbocycles. The van der Waals surface area contributed by atoms with E-state index in [4.69, 9.17) is 5.73 Å². The normalized spacial score (nSPS) is 12.2. The number of H-pyrrole nitrogens is 1. The number of aryl methyl sites for hydroxylation is 1. The molecular formula is C14H17N5S. The number of hydrogen-bond donors (Lipinski definition) is 2. The third-order valence-electron chi connectivity index (χ3n) is 3.03. The van der Waals surface area contributed by atoms with Crippen molar-refractivity contribution in [2.75, 3.05) is 0 Å². The summed E-state index contributed by atoms with van der Waals surface area (Å²) < 4.78 is 1.08. The SMILES string of the molecule is Cc1[nH]ncc1-c1cc2nc(CC(C)(C)N)ncc2s1. The Bertz CT molecular complexity index is 750. The van der Waals surface area contributed by atoms with Crippen molar-refractivity contribution in [2.24, 2.45) is 5.73 Å². The summed E-state index contributed by atoms with van der Waals surface area (Å²) in [4.78, 5) is 10.2. The van der Waals surface area contributed by atoms with Crippen LogP contribution in [-0.4, -0.2) is 25.7 Å². The Morgan fingerprint density at radius 3 is 2.80 bits per heavy atom. The van der Waals surface area contributed by atoms with Crippen LogP contribution in [0.3, 0.4) is 0 Å². The molecule has 3 aromatic heterocycles. The average Bonchev–Trinajstić information content (AvgIpc) is 2.91. The summed E-state index contributed by atoms with van der Waals surface area (Å²) in [5, 5.41) is 7.02. The Balaban J connectivity index is 2.02. The first-order valence-electron chi connectivity index (χ1n) is 6.47. The minimum absolute atomic E-state index is 0.298. The second-order valence-corrected chi connectivity index (χ2v) is 6.80. The van der Waals surface area contributed by atoms with Gasteiger partial charge < -0.3 is 5.73 Å². The van der Waals surface area contributed by atoms with Crippen molar-refractivity contribution >= 4 is 21.6 Å². The largest absolute Gasteiger partial charge is 0.325 e. The van der Waals surface area contributed by atoms with Gasteiger partial charge in [0.1, 0.15) is 5.82 Å². The Hall–Kier alpha value is -1.79. The molecule has 0 saturated heterocycles. The summed E-state index contributed by atoms with van der Waals surface area (Å²) in [5.74, 6) is 0.790. The van der Waals surface area contributed by atoms with E-state index in [0.29, 0.717) is 6.42 Å². The van der Waals surface area contributed by atoms with Crippen molar-refractivity contribution in [1.29, 1.82) is 0 Å². The van der Waals surface area contributed by atoms with E-state index >= 15 is 0 Å². The van der Waals surface area contributed by atoms with Crippen molar-refractivity contribution in [3.63, 3.8) is 0 Å². The Morgan fingerprint density at radius 2 is 2.15 bits per heavy atom. The van der Waals surface area contributed by atoms with E-state index in [-0.39, 0.29) is 5.54 Å². The Kier molecular flexibility index (Phi) is 3.07. The summed E-state index contributed by atoms with van der Waals surface area (Å²) in [6.45, 7) is 5.98. The van der Waals surface area contributed by atoms with Crippen LogP contribution >= 0.6 is 11.3 Å². The van der Waals surface area contributed by atoms with Gasteiger partial charge in [0, 0.05) is 34.3 Å². The van der Waals surface area contributed by atoms with Crippen molar-refractivity contribution in [3.8, 4) is 10.4 Å². The fourth-order valence-electron chi connectivity index (χ4n) is 2.10. The van der Waals surface area contributed by atoms with Gasteiger partial charge in [-0.25, -0.2) is 9.97 Å². The molecule has 0 aliphatic carbocycles. The highest BCUT2D eigenvalue weighted by Crippen LogP contribution is 2.33. The summed E-state index contributed by atoms with van der Waals surface area (Å²) in [6.07, 6.45) is 4.39. The molecule has 0 radical (unpaired) electrons. The zero-order valence-electron chi connectivity index (χ0n) is 11.8. The zero-order chi connectivity index (χ0) is 14.3. The molecular weight excluding hydrogens is 270 g/mol. The van der Waals surface area contributed by atoms with Gasteiger partial charge in [0.2, 0.25) is 0 Å². The topological polar surface area (TPSA) is 80.5 Å². The third-order valence-corrected chi connectivity index (χ3v) is 4.12. The summed E-state index contributed by atoms with van der Waals surface area (Å²) in [7, 11) is 0. The van der Waals surface area contributed by atoms with Gasteiger partial charge in [-0.3, -0.25) is 5.10 Å². The van der Waals surface area contributed by atoms with Crippen LogP contribution in [0.15, 0.2) is 18.5 Å². The second-order valence-electron chi connectivity index (χ2n) is 5.72. The average molecular weight is 287 g/mol. The van der Waals surface area contributed by atoms with Crippen LogP contribution in [-0.2, 0) is 6.42 Å². The van der Waals surface area contributed by atoms with Crippen LogP contribution in [0.2, 0.25) is 0 Å². The number of aromatic amines is 1. The predicted octanol–water partition coefficient (Wildman–Crippen LogP) is 2.67. The molecule has 0 spiro atoms. The number of aromatic nitrogens is 4. The summed E-state index contributed by atoms with van der Waals surface area (Å²) in [5.41, 5.74) is 8.88. The number of hydrogen-bond acceptors (Lipinski definition) is 5. The van der Waals surface area contributed by atoms with Crippen molar-refractivity contribution in [1.82, 2.24) is 20.2 Å². The highest BCUT2D eigenvalue weighted by Gasteiger charge is 2.15. The van der Waals surface area contributed by atoms with Gasteiger partial charge in [0.05, 0.1) is 16.4 Å². The second kappa shape index (κ2) is 4.64. The Labute approximate surface area is 121 Å². The Morgan fingerprint density at radius 1 is 1.35 bits per heavy atom. The van der Waals surface area contributed by atoms with E-state index in [1.54, 1.807) is 11.3 Å². The van der Waals surface area contributed by atoms with Crippen molar-refractivity contribution in [3.05, 3.63) is 30.0 Å².